The van der Waals surface area contributed by atoms with Crippen LogP contribution in [-0.2, 0) is 19.4 Å². The van der Waals surface area contributed by atoms with Crippen LogP contribution in [0.15, 0.2) is 28.6 Å². The van der Waals surface area contributed by atoms with Gasteiger partial charge in [-0.3, -0.25) is 4.99 Å². The zero-order valence-electron chi connectivity index (χ0n) is 15.3. The van der Waals surface area contributed by atoms with Crippen molar-refractivity contribution in [1.29, 1.82) is 0 Å². The van der Waals surface area contributed by atoms with E-state index in [-0.39, 0.29) is 0 Å². The highest BCUT2D eigenvalue weighted by molar-refractivity contribution is 7.09. The zero-order valence-corrected chi connectivity index (χ0v) is 16.1. The maximum Gasteiger partial charge on any atom is 0.191 e. The number of guanidine groups is 1. The zero-order chi connectivity index (χ0) is 17.6. The number of hydrogen-bond acceptors (Lipinski definition) is 4. The van der Waals surface area contributed by atoms with Crippen LogP contribution in [0.5, 0.6) is 0 Å². The molecule has 0 atom stereocenters. The fraction of sp³-hybridized carbons (Fsp3) is 0.474. The van der Waals surface area contributed by atoms with Gasteiger partial charge in [0.1, 0.15) is 0 Å². The molecule has 134 valence electrons. The third kappa shape index (κ3) is 4.72. The smallest absolute Gasteiger partial charge is 0.191 e. The first-order chi connectivity index (χ1) is 12.2. The molecule has 2 aromatic rings. The standard InChI is InChI=1S/C19H27N5S/c1-14-23-17(13-25-14)8-9-21-19(20-2)22-12-15-6-7-18-16(11-15)5-4-10-24(18)3/h6-7,11,13H,4-5,8-10,12H2,1-3H3,(H2,20,21,22). The third-order valence-corrected chi connectivity index (χ3v) is 5.34. The maximum atomic E-state index is 4.49. The fourth-order valence-corrected chi connectivity index (χ4v) is 3.83. The average Bonchev–Trinajstić information content (AvgIpc) is 3.03. The largest absolute Gasteiger partial charge is 0.374 e. The highest BCUT2D eigenvalue weighted by Crippen LogP contribution is 2.26. The first-order valence-corrected chi connectivity index (χ1v) is 9.72. The molecule has 0 amide bonds. The lowest BCUT2D eigenvalue weighted by Gasteiger charge is -2.28. The van der Waals surface area contributed by atoms with Crippen LogP contribution in [0.2, 0.25) is 0 Å². The van der Waals surface area contributed by atoms with E-state index >= 15 is 0 Å². The molecule has 3 rings (SSSR count). The molecular formula is C19H27N5S. The molecule has 2 heterocycles. The van der Waals surface area contributed by atoms with E-state index in [9.17, 15) is 0 Å². The summed E-state index contributed by atoms with van der Waals surface area (Å²) in [7, 11) is 3.98. The van der Waals surface area contributed by atoms with Gasteiger partial charge >= 0.3 is 0 Å². The van der Waals surface area contributed by atoms with Crippen molar-refractivity contribution in [2.45, 2.75) is 32.7 Å². The van der Waals surface area contributed by atoms with Gasteiger partial charge in [0.05, 0.1) is 10.7 Å². The molecule has 0 spiro atoms. The minimum Gasteiger partial charge on any atom is -0.374 e. The second-order valence-electron chi connectivity index (χ2n) is 6.45. The Morgan fingerprint density at radius 3 is 3.00 bits per heavy atom. The molecule has 0 unspecified atom stereocenters. The van der Waals surface area contributed by atoms with Crippen molar-refractivity contribution < 1.29 is 0 Å². The third-order valence-electron chi connectivity index (χ3n) is 4.52. The SMILES string of the molecule is CN=C(NCCc1csc(C)n1)NCc1ccc2c(c1)CCCN2C. The molecule has 6 heteroatoms. The number of anilines is 1. The van der Waals surface area contributed by atoms with Gasteiger partial charge in [0.2, 0.25) is 0 Å². The molecule has 1 aromatic carbocycles. The van der Waals surface area contributed by atoms with Crippen molar-refractivity contribution in [1.82, 2.24) is 15.6 Å². The number of thiazole rings is 1. The molecule has 0 saturated heterocycles. The van der Waals surface area contributed by atoms with Crippen molar-refractivity contribution in [3.63, 3.8) is 0 Å². The lowest BCUT2D eigenvalue weighted by Crippen LogP contribution is -2.38. The number of aliphatic imine (C=N–C) groups is 1. The van der Waals surface area contributed by atoms with E-state index in [1.807, 2.05) is 14.0 Å². The minimum absolute atomic E-state index is 0.784. The number of nitrogens with zero attached hydrogens (tertiary/aromatic N) is 3. The topological polar surface area (TPSA) is 52.6 Å². The van der Waals surface area contributed by atoms with E-state index < -0.39 is 0 Å². The van der Waals surface area contributed by atoms with Crippen LogP contribution in [0.3, 0.4) is 0 Å². The highest BCUT2D eigenvalue weighted by atomic mass is 32.1. The Kier molecular flexibility index (Phi) is 5.91. The van der Waals surface area contributed by atoms with Crippen LogP contribution >= 0.6 is 11.3 Å². The van der Waals surface area contributed by atoms with Crippen LogP contribution < -0.4 is 15.5 Å². The minimum atomic E-state index is 0.784. The van der Waals surface area contributed by atoms with Crippen molar-refractivity contribution in [3.05, 3.63) is 45.4 Å². The van der Waals surface area contributed by atoms with Crippen molar-refractivity contribution in [2.24, 2.45) is 4.99 Å². The predicted molar refractivity (Wildman–Crippen MR) is 107 cm³/mol. The number of fused-ring (bicyclic) bond motifs is 1. The Bertz CT molecular complexity index is 737. The number of nitrogens with one attached hydrogen (secondary N) is 2. The van der Waals surface area contributed by atoms with Crippen molar-refractivity contribution in [2.75, 3.05) is 32.1 Å². The molecule has 0 bridgehead atoms. The quantitative estimate of drug-likeness (QED) is 0.638. The van der Waals surface area contributed by atoms with Gasteiger partial charge in [0, 0.05) is 51.2 Å². The second kappa shape index (κ2) is 8.34. The molecule has 0 fully saturated rings. The Balaban J connectivity index is 1.49. The van der Waals surface area contributed by atoms with Gasteiger partial charge in [0.25, 0.3) is 0 Å². The summed E-state index contributed by atoms with van der Waals surface area (Å²) >= 11 is 1.70. The summed E-state index contributed by atoms with van der Waals surface area (Å²) in [5.41, 5.74) is 5.27. The predicted octanol–water partition coefficient (Wildman–Crippen LogP) is 2.74. The summed E-state index contributed by atoms with van der Waals surface area (Å²) in [6.45, 7) is 4.81. The molecule has 0 saturated carbocycles. The van der Waals surface area contributed by atoms with Gasteiger partial charge in [-0.05, 0) is 37.0 Å². The second-order valence-corrected chi connectivity index (χ2v) is 7.51. The van der Waals surface area contributed by atoms with Crippen molar-refractivity contribution >= 4 is 23.0 Å². The Hall–Kier alpha value is -2.08. The van der Waals surface area contributed by atoms with Gasteiger partial charge in [-0.15, -0.1) is 11.3 Å². The van der Waals surface area contributed by atoms with Gasteiger partial charge in [-0.2, -0.15) is 0 Å². The number of aryl methyl sites for hydroxylation is 2. The van der Waals surface area contributed by atoms with Crippen molar-refractivity contribution in [3.8, 4) is 0 Å². The van der Waals surface area contributed by atoms with E-state index in [4.69, 9.17) is 0 Å². The number of hydrogen-bond donors (Lipinski definition) is 2. The monoisotopic (exact) mass is 357 g/mol. The molecular weight excluding hydrogens is 330 g/mol. The molecule has 1 aromatic heterocycles. The maximum absolute atomic E-state index is 4.49. The lowest BCUT2D eigenvalue weighted by atomic mass is 9.99. The summed E-state index contributed by atoms with van der Waals surface area (Å²) in [6.07, 6.45) is 3.32. The highest BCUT2D eigenvalue weighted by Gasteiger charge is 2.13. The van der Waals surface area contributed by atoms with E-state index in [2.05, 4.69) is 56.1 Å². The van der Waals surface area contributed by atoms with E-state index in [0.29, 0.717) is 0 Å². The lowest BCUT2D eigenvalue weighted by molar-refractivity contribution is 0.740. The summed E-state index contributed by atoms with van der Waals surface area (Å²) in [6, 6.07) is 6.77. The van der Waals surface area contributed by atoms with Gasteiger partial charge in [-0.25, -0.2) is 4.98 Å². The first-order valence-electron chi connectivity index (χ1n) is 8.84. The van der Waals surface area contributed by atoms with E-state index in [1.165, 1.54) is 29.7 Å². The average molecular weight is 358 g/mol. The molecule has 5 nitrogen and oxygen atoms in total. The summed E-state index contributed by atoms with van der Waals surface area (Å²) in [5.74, 6) is 0.835. The number of rotatable bonds is 5. The summed E-state index contributed by atoms with van der Waals surface area (Å²) in [5, 5.41) is 10.0. The Morgan fingerprint density at radius 1 is 1.36 bits per heavy atom. The van der Waals surface area contributed by atoms with Gasteiger partial charge in [-0.1, -0.05) is 12.1 Å². The Labute approximate surface area is 154 Å². The van der Waals surface area contributed by atoms with Crippen LogP contribution in [-0.4, -0.2) is 38.1 Å². The van der Waals surface area contributed by atoms with Gasteiger partial charge in [0.15, 0.2) is 5.96 Å². The fourth-order valence-electron chi connectivity index (χ4n) is 3.19. The van der Waals surface area contributed by atoms with Crippen LogP contribution in [0.25, 0.3) is 0 Å². The summed E-state index contributed by atoms with van der Waals surface area (Å²) < 4.78 is 0. The van der Waals surface area contributed by atoms with E-state index in [1.54, 1.807) is 11.3 Å². The van der Waals surface area contributed by atoms with E-state index in [0.717, 1.165) is 42.7 Å². The number of benzene rings is 1. The molecule has 1 aliphatic heterocycles. The van der Waals surface area contributed by atoms with Gasteiger partial charge < -0.3 is 15.5 Å². The van der Waals surface area contributed by atoms with Crippen LogP contribution in [0.1, 0.15) is 28.2 Å². The molecule has 1 aliphatic rings. The Morgan fingerprint density at radius 2 is 2.24 bits per heavy atom. The number of aromatic nitrogens is 1. The molecule has 0 radical (unpaired) electrons. The van der Waals surface area contributed by atoms with Crippen LogP contribution in [0, 0.1) is 6.92 Å². The molecule has 2 N–H and O–H groups in total. The van der Waals surface area contributed by atoms with Crippen LogP contribution in [0.4, 0.5) is 5.69 Å². The molecule has 0 aliphatic carbocycles. The summed E-state index contributed by atoms with van der Waals surface area (Å²) in [4.78, 5) is 11.1. The normalized spacial score (nSPS) is 14.4. The molecule has 25 heavy (non-hydrogen) atoms. The first kappa shape index (κ1) is 17.7.